The summed E-state index contributed by atoms with van der Waals surface area (Å²) in [6.07, 6.45) is 7.16. The van der Waals surface area contributed by atoms with Crippen molar-refractivity contribution in [3.05, 3.63) is 106 Å². The SMILES string of the molecule is CCCCC(O)(CO)C(O)(CCCC)CCCC.O=C(O)c1ccccc1C(=O)O.O=C(O)c1ccccc1C(=O)O.O=C(O)c1ccccc1C(=O)O. The van der Waals surface area contributed by atoms with Gasteiger partial charge < -0.3 is 46.0 Å². The number of aliphatic hydroxyl groups is 3. The highest BCUT2D eigenvalue weighted by molar-refractivity contribution is 6.02. The molecule has 3 aromatic carbocycles. The van der Waals surface area contributed by atoms with E-state index in [0.29, 0.717) is 19.3 Å². The fourth-order valence-electron chi connectivity index (χ4n) is 5.03. The van der Waals surface area contributed by atoms with Gasteiger partial charge in [-0.15, -0.1) is 0 Å². The van der Waals surface area contributed by atoms with E-state index in [1.807, 2.05) is 0 Å². The van der Waals surface area contributed by atoms with Crippen molar-refractivity contribution < 1.29 is 74.7 Å². The number of aliphatic hydroxyl groups excluding tert-OH is 1. The van der Waals surface area contributed by atoms with E-state index in [4.69, 9.17) is 30.6 Å². The molecule has 0 fully saturated rings. The second-order valence-electron chi connectivity index (χ2n) is 12.0. The number of hydrogen-bond acceptors (Lipinski definition) is 9. The molecule has 0 heterocycles. The van der Waals surface area contributed by atoms with Gasteiger partial charge in [-0.1, -0.05) is 95.7 Å². The summed E-state index contributed by atoms with van der Waals surface area (Å²) in [6.45, 7) is 5.85. The first kappa shape index (κ1) is 48.4. The van der Waals surface area contributed by atoms with Gasteiger partial charge in [0.1, 0.15) is 5.60 Å². The molecule has 1 unspecified atom stereocenters. The van der Waals surface area contributed by atoms with Crippen LogP contribution in [0.1, 0.15) is 141 Å². The van der Waals surface area contributed by atoms with E-state index in [1.165, 1.54) is 72.8 Å². The van der Waals surface area contributed by atoms with Crippen LogP contribution in [-0.4, -0.2) is 99.6 Å². The molecule has 296 valence electrons. The number of rotatable bonds is 17. The van der Waals surface area contributed by atoms with Crippen LogP contribution < -0.4 is 0 Å². The van der Waals surface area contributed by atoms with Crippen molar-refractivity contribution >= 4 is 35.8 Å². The van der Waals surface area contributed by atoms with Crippen LogP contribution in [0.3, 0.4) is 0 Å². The van der Waals surface area contributed by atoms with Crippen molar-refractivity contribution in [3.8, 4) is 0 Å². The van der Waals surface area contributed by atoms with E-state index in [-0.39, 0.29) is 40.0 Å². The molecule has 54 heavy (non-hydrogen) atoms. The molecule has 0 bridgehead atoms. The van der Waals surface area contributed by atoms with Gasteiger partial charge in [-0.2, -0.15) is 0 Å². The molecule has 0 aliphatic heterocycles. The zero-order chi connectivity index (χ0) is 41.5. The molecule has 0 amide bonds. The highest BCUT2D eigenvalue weighted by atomic mass is 16.4. The molecule has 3 aromatic rings. The number of aromatic carboxylic acids is 6. The maximum atomic E-state index is 10.8. The van der Waals surface area contributed by atoms with Crippen LogP contribution >= 0.6 is 0 Å². The zero-order valence-corrected chi connectivity index (χ0v) is 30.5. The lowest BCUT2D eigenvalue weighted by molar-refractivity contribution is -0.184. The molecule has 0 aliphatic rings. The molecule has 3 rings (SSSR count). The van der Waals surface area contributed by atoms with Crippen LogP contribution in [0.5, 0.6) is 0 Å². The predicted molar refractivity (Wildman–Crippen MR) is 197 cm³/mol. The highest BCUT2D eigenvalue weighted by Gasteiger charge is 2.47. The van der Waals surface area contributed by atoms with Gasteiger partial charge >= 0.3 is 35.8 Å². The summed E-state index contributed by atoms with van der Waals surface area (Å²) in [5.74, 6) is -7.37. The standard InChI is InChI=1S/C15H32O3.3C8H6O4/c1-4-7-10-14(17,11-8-5-2)15(18,13-16)12-9-6-3;3*9-7(10)5-3-1-2-4-6(5)8(11)12/h16-18H,4-13H2,1-3H3;3*1-4H,(H,9,10)(H,11,12). The Bertz CT molecular complexity index is 1420. The Hall–Kier alpha value is -5.64. The molecule has 0 aromatic heterocycles. The van der Waals surface area contributed by atoms with Gasteiger partial charge in [0, 0.05) is 0 Å². The number of unbranched alkanes of at least 4 members (excludes halogenated alkanes) is 3. The number of benzene rings is 3. The lowest BCUT2D eigenvalue weighted by Crippen LogP contribution is -2.56. The number of carboxylic acids is 6. The first-order chi connectivity index (χ1) is 25.4. The van der Waals surface area contributed by atoms with Gasteiger partial charge in [0.25, 0.3) is 0 Å². The summed E-state index contributed by atoms with van der Waals surface area (Å²) < 4.78 is 0. The van der Waals surface area contributed by atoms with Crippen molar-refractivity contribution in [2.24, 2.45) is 0 Å². The summed E-state index contributed by atoms with van der Waals surface area (Å²) in [7, 11) is 0. The maximum absolute atomic E-state index is 10.8. The smallest absolute Gasteiger partial charge is 0.336 e. The fraction of sp³-hybridized carbons (Fsp3) is 0.385. The third-order valence-electron chi connectivity index (χ3n) is 8.12. The van der Waals surface area contributed by atoms with E-state index in [2.05, 4.69) is 20.8 Å². The summed E-state index contributed by atoms with van der Waals surface area (Å²) in [6, 6.07) is 16.4. The van der Waals surface area contributed by atoms with Crippen molar-refractivity contribution in [1.29, 1.82) is 0 Å². The highest BCUT2D eigenvalue weighted by Crippen LogP contribution is 2.36. The third-order valence-corrected chi connectivity index (χ3v) is 8.12. The Labute approximate surface area is 312 Å². The summed E-state index contributed by atoms with van der Waals surface area (Å²) in [5.41, 5.74) is -3.61. The Kier molecular flexibility index (Phi) is 22.0. The third kappa shape index (κ3) is 15.5. The summed E-state index contributed by atoms with van der Waals surface area (Å²) in [4.78, 5) is 62.8. The van der Waals surface area contributed by atoms with Crippen molar-refractivity contribution in [2.75, 3.05) is 6.61 Å². The number of carboxylic acid groups (broad SMARTS) is 6. The van der Waals surface area contributed by atoms with Crippen molar-refractivity contribution in [3.63, 3.8) is 0 Å². The maximum Gasteiger partial charge on any atom is 0.336 e. The molecule has 0 aliphatic carbocycles. The van der Waals surface area contributed by atoms with E-state index in [1.54, 1.807) is 0 Å². The molecule has 15 nitrogen and oxygen atoms in total. The number of hydrogen-bond donors (Lipinski definition) is 9. The van der Waals surface area contributed by atoms with Crippen LogP contribution in [0.4, 0.5) is 0 Å². The van der Waals surface area contributed by atoms with Crippen LogP contribution in [0.2, 0.25) is 0 Å². The van der Waals surface area contributed by atoms with Crippen molar-refractivity contribution in [2.45, 2.75) is 89.8 Å². The minimum Gasteiger partial charge on any atom is -0.478 e. The van der Waals surface area contributed by atoms with Gasteiger partial charge in [-0.05, 0) is 55.7 Å². The first-order valence-corrected chi connectivity index (χ1v) is 17.1. The van der Waals surface area contributed by atoms with E-state index >= 15 is 0 Å². The Morgan fingerprint density at radius 3 is 0.741 bits per heavy atom. The lowest BCUT2D eigenvalue weighted by Gasteiger charge is -2.43. The molecule has 0 saturated carbocycles. The van der Waals surface area contributed by atoms with Gasteiger partial charge in [-0.25, -0.2) is 28.8 Å². The van der Waals surface area contributed by atoms with Gasteiger partial charge in [0.2, 0.25) is 0 Å². The average molecular weight is 759 g/mol. The van der Waals surface area contributed by atoms with Gasteiger partial charge in [-0.3, -0.25) is 0 Å². The summed E-state index contributed by atoms with van der Waals surface area (Å²) >= 11 is 0. The fourth-order valence-corrected chi connectivity index (χ4v) is 5.03. The largest absolute Gasteiger partial charge is 0.478 e. The van der Waals surface area contributed by atoms with E-state index < -0.39 is 47.0 Å². The Morgan fingerprint density at radius 2 is 0.593 bits per heavy atom. The molecule has 9 N–H and O–H groups in total. The molecule has 1 atom stereocenters. The molecule has 15 heteroatoms. The Morgan fingerprint density at radius 1 is 0.407 bits per heavy atom. The number of carbonyl (C=O) groups is 6. The quantitative estimate of drug-likeness (QED) is 0.0734. The second kappa shape index (κ2) is 24.6. The molecular weight excluding hydrogens is 708 g/mol. The minimum absolute atomic E-state index is 0.190. The zero-order valence-electron chi connectivity index (χ0n) is 30.5. The monoisotopic (exact) mass is 758 g/mol. The average Bonchev–Trinajstić information content (AvgIpc) is 3.15. The van der Waals surface area contributed by atoms with Gasteiger partial charge in [0.05, 0.1) is 45.6 Å². The van der Waals surface area contributed by atoms with Gasteiger partial charge in [0.15, 0.2) is 0 Å². The molecule has 0 spiro atoms. The van der Waals surface area contributed by atoms with Crippen LogP contribution in [-0.2, 0) is 0 Å². The van der Waals surface area contributed by atoms with Crippen molar-refractivity contribution in [1.82, 2.24) is 0 Å². The van der Waals surface area contributed by atoms with Crippen LogP contribution in [0.25, 0.3) is 0 Å². The first-order valence-electron chi connectivity index (χ1n) is 17.1. The van der Waals surface area contributed by atoms with E-state index in [9.17, 15) is 44.1 Å². The Balaban J connectivity index is 0.000000705. The van der Waals surface area contributed by atoms with E-state index in [0.717, 1.165) is 38.5 Å². The van der Waals surface area contributed by atoms with Crippen LogP contribution in [0.15, 0.2) is 72.8 Å². The van der Waals surface area contributed by atoms with Crippen LogP contribution in [0, 0.1) is 0 Å². The predicted octanol–water partition coefficient (Wildman–Crippen LogP) is 6.26. The topological polar surface area (TPSA) is 284 Å². The molecule has 0 saturated heterocycles. The lowest BCUT2D eigenvalue weighted by atomic mass is 9.73. The second-order valence-corrected chi connectivity index (χ2v) is 12.0. The minimum atomic E-state index is -1.34. The molecular formula is C39H50O15. The normalized spacial score (nSPS) is 11.4. The summed E-state index contributed by atoms with van der Waals surface area (Å²) in [5, 5.41) is 82.3. The molecule has 0 radical (unpaired) electrons.